The molecule has 1 N–H and O–H groups in total. The van der Waals surface area contributed by atoms with E-state index in [9.17, 15) is 14.4 Å². The summed E-state index contributed by atoms with van der Waals surface area (Å²) in [5, 5.41) is 7.27. The third-order valence-corrected chi connectivity index (χ3v) is 7.97. The standard InChI is InChI=1S/C32H29N5O5S/c1-3-5-18-42-23-14-10-20(11-15-23)29-34-32-37(35-29)31(40)28(43-32)27-24-8-6-7-9-25(24)36(30(27)39)19-26(38)33-21-12-16-22(17-13-21)41-4-2/h6-17H,3-5,18-19H2,1-2H3,(H,33,38). The lowest BCUT2D eigenvalue weighted by molar-refractivity contribution is -0.118. The van der Waals surface area contributed by atoms with Crippen LogP contribution in [-0.4, -0.2) is 46.2 Å². The van der Waals surface area contributed by atoms with Crippen molar-refractivity contribution in [3.63, 3.8) is 0 Å². The van der Waals surface area contributed by atoms with Crippen LogP contribution in [0.2, 0.25) is 0 Å². The molecule has 5 aromatic rings. The summed E-state index contributed by atoms with van der Waals surface area (Å²) in [6.07, 6.45) is 2.04. The number of hydrogen-bond donors (Lipinski definition) is 1. The van der Waals surface area contributed by atoms with E-state index in [2.05, 4.69) is 22.3 Å². The first kappa shape index (κ1) is 28.1. The number of ether oxygens (including phenoxy) is 2. The Kier molecular flexibility index (Phi) is 7.89. The minimum atomic E-state index is -0.433. The lowest BCUT2D eigenvalue weighted by Gasteiger charge is -2.16. The number of para-hydroxylation sites is 1. The minimum Gasteiger partial charge on any atom is -0.494 e. The van der Waals surface area contributed by atoms with E-state index >= 15 is 0 Å². The van der Waals surface area contributed by atoms with Crippen molar-refractivity contribution >= 4 is 45.1 Å². The molecule has 2 aromatic heterocycles. The summed E-state index contributed by atoms with van der Waals surface area (Å²) >= 11 is 1.10. The number of thiazole rings is 1. The van der Waals surface area contributed by atoms with Gasteiger partial charge in [-0.2, -0.15) is 9.50 Å². The van der Waals surface area contributed by atoms with E-state index in [-0.39, 0.29) is 22.6 Å². The number of nitrogens with one attached hydrogen (secondary N) is 1. The van der Waals surface area contributed by atoms with Gasteiger partial charge in [-0.3, -0.25) is 19.3 Å². The largest absolute Gasteiger partial charge is 0.494 e. The molecule has 0 aliphatic carbocycles. The topological polar surface area (TPSA) is 115 Å². The molecule has 3 aromatic carbocycles. The molecule has 1 aliphatic heterocycles. The van der Waals surface area contributed by atoms with Gasteiger partial charge in [0.2, 0.25) is 10.9 Å². The van der Waals surface area contributed by atoms with E-state index in [0.717, 1.165) is 35.5 Å². The summed E-state index contributed by atoms with van der Waals surface area (Å²) in [6.45, 7) is 4.99. The maximum absolute atomic E-state index is 13.7. The first-order chi connectivity index (χ1) is 21.0. The number of amides is 2. The van der Waals surface area contributed by atoms with E-state index in [1.54, 1.807) is 48.5 Å². The Bertz CT molecular complexity index is 1910. The number of anilines is 2. The molecule has 11 heteroatoms. The third kappa shape index (κ3) is 5.59. The van der Waals surface area contributed by atoms with E-state index in [0.29, 0.717) is 46.7 Å². The summed E-state index contributed by atoms with van der Waals surface area (Å²) in [7, 11) is 0. The Hall–Kier alpha value is -5.03. The van der Waals surface area contributed by atoms with Crippen LogP contribution in [0.1, 0.15) is 32.3 Å². The number of benzene rings is 3. The average molecular weight is 596 g/mol. The molecule has 0 saturated carbocycles. The zero-order chi connectivity index (χ0) is 29.9. The normalized spacial score (nSPS) is 13.8. The van der Waals surface area contributed by atoms with Crippen LogP contribution in [0.15, 0.2) is 77.6 Å². The molecule has 3 heterocycles. The van der Waals surface area contributed by atoms with Gasteiger partial charge in [-0.05, 0) is 67.9 Å². The molecule has 2 amide bonds. The number of nitrogens with zero attached hydrogens (tertiary/aromatic N) is 4. The summed E-state index contributed by atoms with van der Waals surface area (Å²) < 4.78 is 12.6. The van der Waals surface area contributed by atoms with Crippen molar-refractivity contribution in [2.75, 3.05) is 30.0 Å². The highest BCUT2D eigenvalue weighted by Crippen LogP contribution is 2.35. The molecule has 43 heavy (non-hydrogen) atoms. The van der Waals surface area contributed by atoms with Gasteiger partial charge in [-0.25, -0.2) is 0 Å². The maximum atomic E-state index is 13.7. The van der Waals surface area contributed by atoms with E-state index in [1.165, 1.54) is 9.42 Å². The molecular weight excluding hydrogens is 566 g/mol. The average Bonchev–Trinajstić information content (AvgIpc) is 3.65. The highest BCUT2D eigenvalue weighted by atomic mass is 32.1. The first-order valence-electron chi connectivity index (χ1n) is 14.1. The number of aromatic nitrogens is 3. The number of hydrogen-bond acceptors (Lipinski definition) is 8. The monoisotopic (exact) mass is 595 g/mol. The predicted molar refractivity (Wildman–Crippen MR) is 166 cm³/mol. The van der Waals surface area contributed by atoms with Crippen molar-refractivity contribution < 1.29 is 19.1 Å². The number of rotatable bonds is 10. The van der Waals surface area contributed by atoms with Crippen LogP contribution in [0.3, 0.4) is 0 Å². The minimum absolute atomic E-state index is 0.218. The van der Waals surface area contributed by atoms with Crippen LogP contribution in [0.5, 0.6) is 11.5 Å². The Labute approximate surface area is 251 Å². The molecule has 0 bridgehead atoms. The first-order valence-corrected chi connectivity index (χ1v) is 14.9. The molecule has 6 rings (SSSR count). The maximum Gasteiger partial charge on any atom is 0.291 e. The molecule has 0 atom stereocenters. The van der Waals surface area contributed by atoms with E-state index in [4.69, 9.17) is 9.47 Å². The van der Waals surface area contributed by atoms with Gasteiger partial charge in [0.05, 0.1) is 24.5 Å². The lowest BCUT2D eigenvalue weighted by atomic mass is 10.1. The fourth-order valence-electron chi connectivity index (χ4n) is 4.84. The molecular formula is C32H29N5O5S. The molecule has 1 aliphatic rings. The Morgan fingerprint density at radius 2 is 1.65 bits per heavy atom. The quantitative estimate of drug-likeness (QED) is 0.240. The van der Waals surface area contributed by atoms with Crippen LogP contribution in [0.4, 0.5) is 11.4 Å². The van der Waals surface area contributed by atoms with Crippen molar-refractivity contribution in [3.05, 3.63) is 93.2 Å². The van der Waals surface area contributed by atoms with Crippen LogP contribution in [0.25, 0.3) is 21.9 Å². The highest BCUT2D eigenvalue weighted by Gasteiger charge is 2.35. The van der Waals surface area contributed by atoms with Gasteiger partial charge in [0.15, 0.2) is 5.82 Å². The molecule has 218 valence electrons. The Morgan fingerprint density at radius 1 is 0.930 bits per heavy atom. The zero-order valence-corrected chi connectivity index (χ0v) is 24.5. The summed E-state index contributed by atoms with van der Waals surface area (Å²) in [5.74, 6) is 1.07. The second-order valence-corrected chi connectivity index (χ2v) is 10.9. The van der Waals surface area contributed by atoms with Gasteiger partial charge < -0.3 is 14.8 Å². The summed E-state index contributed by atoms with van der Waals surface area (Å²) in [5.41, 5.74) is 2.28. The third-order valence-electron chi connectivity index (χ3n) is 6.94. The molecule has 0 fully saturated rings. The van der Waals surface area contributed by atoms with Gasteiger partial charge in [-0.15, -0.1) is 5.10 Å². The van der Waals surface area contributed by atoms with Gasteiger partial charge in [0.1, 0.15) is 22.6 Å². The van der Waals surface area contributed by atoms with Crippen molar-refractivity contribution in [1.29, 1.82) is 0 Å². The van der Waals surface area contributed by atoms with Crippen molar-refractivity contribution in [1.82, 2.24) is 14.6 Å². The lowest BCUT2D eigenvalue weighted by Crippen LogP contribution is -2.37. The molecule has 0 radical (unpaired) electrons. The molecule has 0 saturated heterocycles. The van der Waals surface area contributed by atoms with Crippen LogP contribution < -0.4 is 29.8 Å². The molecule has 10 nitrogen and oxygen atoms in total. The highest BCUT2D eigenvalue weighted by molar-refractivity contribution is 7.15. The number of unbranched alkanes of at least 4 members (excludes halogenated alkanes) is 1. The van der Waals surface area contributed by atoms with Crippen LogP contribution in [-0.2, 0) is 9.59 Å². The fraction of sp³-hybridized carbons (Fsp3) is 0.219. The smallest absolute Gasteiger partial charge is 0.291 e. The zero-order valence-electron chi connectivity index (χ0n) is 23.7. The second-order valence-electron chi connectivity index (χ2n) is 9.88. The van der Waals surface area contributed by atoms with E-state index < -0.39 is 11.5 Å². The number of fused-ring (bicyclic) bond motifs is 2. The van der Waals surface area contributed by atoms with Gasteiger partial charge in [0.25, 0.3) is 11.5 Å². The summed E-state index contributed by atoms with van der Waals surface area (Å²) in [6, 6.07) is 21.6. The van der Waals surface area contributed by atoms with Crippen LogP contribution >= 0.6 is 11.3 Å². The van der Waals surface area contributed by atoms with Crippen molar-refractivity contribution in [2.24, 2.45) is 0 Å². The Balaban J connectivity index is 1.27. The fourth-order valence-corrected chi connectivity index (χ4v) is 5.84. The van der Waals surface area contributed by atoms with Gasteiger partial charge >= 0.3 is 0 Å². The van der Waals surface area contributed by atoms with Gasteiger partial charge in [0, 0.05) is 16.8 Å². The predicted octanol–water partition coefficient (Wildman–Crippen LogP) is 4.30. The molecule has 0 unspecified atom stereocenters. The second kappa shape index (κ2) is 12.1. The summed E-state index contributed by atoms with van der Waals surface area (Å²) in [4.78, 5) is 46.6. The van der Waals surface area contributed by atoms with Crippen LogP contribution in [0, 0.1) is 0 Å². The van der Waals surface area contributed by atoms with Gasteiger partial charge in [-0.1, -0.05) is 42.9 Å². The van der Waals surface area contributed by atoms with E-state index in [1.807, 2.05) is 31.2 Å². The SMILES string of the molecule is CCCCOc1ccc(-c2nc3sc(=C4C(=O)N(CC(=O)Nc5ccc(OCC)cc5)c5ccccc54)c(=O)n3n2)cc1. The number of carbonyl (C=O) groups is 2. The number of carbonyl (C=O) groups excluding carboxylic acids is 2. The van der Waals surface area contributed by atoms with Crippen molar-refractivity contribution in [2.45, 2.75) is 26.7 Å². The molecule has 0 spiro atoms. The Morgan fingerprint density at radius 3 is 2.37 bits per heavy atom. The van der Waals surface area contributed by atoms with Crippen molar-refractivity contribution in [3.8, 4) is 22.9 Å².